The zero-order chi connectivity index (χ0) is 19.3. The monoisotopic (exact) mass is 378 g/mol. The molecular weight excluding hydrogens is 348 g/mol. The van der Waals surface area contributed by atoms with Crippen molar-refractivity contribution in [1.29, 1.82) is 0 Å². The van der Waals surface area contributed by atoms with Crippen molar-refractivity contribution in [2.45, 2.75) is 65.1 Å². The third-order valence-electron chi connectivity index (χ3n) is 4.66. The van der Waals surface area contributed by atoms with E-state index >= 15 is 0 Å². The van der Waals surface area contributed by atoms with Crippen molar-refractivity contribution in [1.82, 2.24) is 19.4 Å². The van der Waals surface area contributed by atoms with E-state index < -0.39 is 0 Å². The number of hydrogen-bond donors (Lipinski definition) is 1. The topological polar surface area (TPSA) is 71.0 Å². The summed E-state index contributed by atoms with van der Waals surface area (Å²) in [5.41, 5.74) is 2.05. The van der Waals surface area contributed by atoms with Crippen molar-refractivity contribution in [2.75, 3.05) is 18.8 Å². The first-order chi connectivity index (χ1) is 12.4. The van der Waals surface area contributed by atoms with E-state index in [1.807, 2.05) is 38.7 Å². The molecule has 2 heterocycles. The summed E-state index contributed by atoms with van der Waals surface area (Å²) in [5, 5.41) is 0.621. The minimum atomic E-state index is -0.0641. The first-order valence-electron chi connectivity index (χ1n) is 9.45. The van der Waals surface area contributed by atoms with E-state index in [-0.39, 0.29) is 17.5 Å². The smallest absolute Gasteiger partial charge is 0.278 e. The molecular formula is C19H30N4O2S. The Hall–Kier alpha value is -1.76. The fraction of sp³-hybridized carbons (Fsp3) is 0.632. The standard InChI is InChI=1S/C19H30N4O2S/c1-6-9-10-22(8-3)16(24)12-26-19-21-15-11-13(4)20-17(15)18(25)23(19)14(5)7-2/h11,14,20H,6-10,12H2,1-5H3. The maximum atomic E-state index is 12.9. The minimum Gasteiger partial charge on any atom is -0.353 e. The lowest BCUT2D eigenvalue weighted by molar-refractivity contribution is -0.128. The van der Waals surface area contributed by atoms with E-state index in [1.165, 1.54) is 11.8 Å². The summed E-state index contributed by atoms with van der Waals surface area (Å²) in [6.07, 6.45) is 2.90. The summed E-state index contributed by atoms with van der Waals surface area (Å²) in [4.78, 5) is 35.1. The van der Waals surface area contributed by atoms with Gasteiger partial charge in [-0.25, -0.2) is 4.98 Å². The van der Waals surface area contributed by atoms with E-state index in [1.54, 1.807) is 4.57 Å². The number of aryl methyl sites for hydroxylation is 1. The molecule has 0 fully saturated rings. The van der Waals surface area contributed by atoms with Crippen molar-refractivity contribution in [3.05, 3.63) is 22.1 Å². The molecule has 0 spiro atoms. The zero-order valence-electron chi connectivity index (χ0n) is 16.5. The molecule has 7 heteroatoms. The van der Waals surface area contributed by atoms with Crippen LogP contribution >= 0.6 is 11.8 Å². The van der Waals surface area contributed by atoms with Crippen LogP contribution in [0.4, 0.5) is 0 Å². The molecule has 0 aliphatic heterocycles. The van der Waals surface area contributed by atoms with Crippen LogP contribution in [0.5, 0.6) is 0 Å². The largest absolute Gasteiger partial charge is 0.353 e. The average molecular weight is 379 g/mol. The van der Waals surface area contributed by atoms with Crippen LogP contribution in [-0.4, -0.2) is 44.2 Å². The Labute approximate surface area is 159 Å². The Morgan fingerprint density at radius 1 is 1.38 bits per heavy atom. The lowest BCUT2D eigenvalue weighted by atomic mass is 10.2. The molecule has 144 valence electrons. The SMILES string of the molecule is CCCCN(CC)C(=O)CSc1nc2cc(C)[nH]c2c(=O)n1C(C)CC. The van der Waals surface area contributed by atoms with E-state index in [0.717, 1.165) is 31.5 Å². The van der Waals surface area contributed by atoms with Crippen LogP contribution in [0, 0.1) is 6.92 Å². The van der Waals surface area contributed by atoms with Gasteiger partial charge in [-0.15, -0.1) is 0 Å². The number of nitrogens with zero attached hydrogens (tertiary/aromatic N) is 3. The Kier molecular flexibility index (Phi) is 7.32. The molecule has 2 aromatic heterocycles. The van der Waals surface area contributed by atoms with Crippen molar-refractivity contribution >= 4 is 28.7 Å². The van der Waals surface area contributed by atoms with Crippen LogP contribution in [0.25, 0.3) is 11.0 Å². The molecule has 0 saturated heterocycles. The lowest BCUT2D eigenvalue weighted by Gasteiger charge is -2.21. The molecule has 0 saturated carbocycles. The Morgan fingerprint density at radius 3 is 2.73 bits per heavy atom. The van der Waals surface area contributed by atoms with Gasteiger partial charge >= 0.3 is 0 Å². The number of carbonyl (C=O) groups is 1. The van der Waals surface area contributed by atoms with Gasteiger partial charge in [-0.05, 0) is 39.7 Å². The summed E-state index contributed by atoms with van der Waals surface area (Å²) < 4.78 is 1.72. The number of thioether (sulfide) groups is 1. The summed E-state index contributed by atoms with van der Waals surface area (Å²) in [6, 6.07) is 1.91. The number of fused-ring (bicyclic) bond motifs is 1. The van der Waals surface area contributed by atoms with Gasteiger partial charge in [-0.3, -0.25) is 14.2 Å². The second-order valence-electron chi connectivity index (χ2n) is 6.66. The summed E-state index contributed by atoms with van der Waals surface area (Å²) in [6.45, 7) is 11.6. The van der Waals surface area contributed by atoms with Gasteiger partial charge in [0.2, 0.25) is 5.91 Å². The van der Waals surface area contributed by atoms with Gasteiger partial charge in [-0.1, -0.05) is 32.0 Å². The Bertz CT molecular complexity index is 812. The van der Waals surface area contributed by atoms with E-state index in [9.17, 15) is 9.59 Å². The van der Waals surface area contributed by atoms with Gasteiger partial charge in [0.15, 0.2) is 5.16 Å². The minimum absolute atomic E-state index is 0.0305. The highest BCUT2D eigenvalue weighted by atomic mass is 32.2. The van der Waals surface area contributed by atoms with Crippen LogP contribution in [0.2, 0.25) is 0 Å². The normalized spacial score (nSPS) is 12.5. The number of aromatic nitrogens is 3. The van der Waals surface area contributed by atoms with Crippen LogP contribution in [0.3, 0.4) is 0 Å². The second-order valence-corrected chi connectivity index (χ2v) is 7.60. The van der Waals surface area contributed by atoms with Gasteiger partial charge in [0.05, 0.1) is 11.3 Å². The van der Waals surface area contributed by atoms with Crippen LogP contribution in [0.15, 0.2) is 16.0 Å². The molecule has 2 aromatic rings. The van der Waals surface area contributed by atoms with Crippen molar-refractivity contribution in [2.24, 2.45) is 0 Å². The highest BCUT2D eigenvalue weighted by Gasteiger charge is 2.19. The number of hydrogen-bond acceptors (Lipinski definition) is 4. The highest BCUT2D eigenvalue weighted by molar-refractivity contribution is 7.99. The number of unbranched alkanes of at least 4 members (excludes halogenated alkanes) is 1. The molecule has 0 aliphatic rings. The van der Waals surface area contributed by atoms with Crippen molar-refractivity contribution in [3.63, 3.8) is 0 Å². The number of carbonyl (C=O) groups excluding carboxylic acids is 1. The molecule has 1 atom stereocenters. The Morgan fingerprint density at radius 2 is 2.12 bits per heavy atom. The second kappa shape index (κ2) is 9.26. The van der Waals surface area contributed by atoms with Crippen LogP contribution in [0.1, 0.15) is 58.7 Å². The predicted molar refractivity (Wildman–Crippen MR) is 108 cm³/mol. The molecule has 0 aromatic carbocycles. The average Bonchev–Trinajstić information content (AvgIpc) is 3.00. The quantitative estimate of drug-likeness (QED) is 0.533. The molecule has 26 heavy (non-hydrogen) atoms. The molecule has 6 nitrogen and oxygen atoms in total. The zero-order valence-corrected chi connectivity index (χ0v) is 17.3. The first-order valence-corrected chi connectivity index (χ1v) is 10.4. The molecule has 0 radical (unpaired) electrons. The van der Waals surface area contributed by atoms with Gasteiger partial charge in [0, 0.05) is 24.8 Å². The molecule has 1 unspecified atom stereocenters. The summed E-state index contributed by atoms with van der Waals surface area (Å²) in [7, 11) is 0. The van der Waals surface area contributed by atoms with Crippen molar-refractivity contribution < 1.29 is 4.79 Å². The number of rotatable bonds is 9. The predicted octanol–water partition coefficient (Wildman–Crippen LogP) is 3.74. The summed E-state index contributed by atoms with van der Waals surface area (Å²) in [5.74, 6) is 0.399. The third-order valence-corrected chi connectivity index (χ3v) is 5.60. The Balaban J connectivity index is 2.30. The number of amides is 1. The molecule has 0 bridgehead atoms. The van der Waals surface area contributed by atoms with E-state index in [0.29, 0.717) is 28.5 Å². The maximum absolute atomic E-state index is 12.9. The van der Waals surface area contributed by atoms with Crippen LogP contribution < -0.4 is 5.56 Å². The fourth-order valence-corrected chi connectivity index (χ4v) is 3.89. The number of H-pyrrole nitrogens is 1. The maximum Gasteiger partial charge on any atom is 0.278 e. The lowest BCUT2D eigenvalue weighted by Crippen LogP contribution is -2.33. The van der Waals surface area contributed by atoms with Gasteiger partial charge in [-0.2, -0.15) is 0 Å². The van der Waals surface area contributed by atoms with Crippen LogP contribution in [-0.2, 0) is 4.79 Å². The van der Waals surface area contributed by atoms with Gasteiger partial charge < -0.3 is 9.88 Å². The van der Waals surface area contributed by atoms with Gasteiger partial charge in [0.25, 0.3) is 5.56 Å². The number of aromatic amines is 1. The highest BCUT2D eigenvalue weighted by Crippen LogP contribution is 2.23. The van der Waals surface area contributed by atoms with Crippen molar-refractivity contribution in [3.8, 4) is 0 Å². The van der Waals surface area contributed by atoms with E-state index in [2.05, 4.69) is 16.9 Å². The molecule has 1 N–H and O–H groups in total. The molecule has 2 rings (SSSR count). The number of nitrogens with one attached hydrogen (secondary N) is 1. The van der Waals surface area contributed by atoms with E-state index in [4.69, 9.17) is 0 Å². The fourth-order valence-electron chi connectivity index (χ4n) is 2.89. The first kappa shape index (κ1) is 20.6. The van der Waals surface area contributed by atoms with Gasteiger partial charge in [0.1, 0.15) is 5.52 Å². The third kappa shape index (κ3) is 4.50. The molecule has 1 amide bonds. The summed E-state index contributed by atoms with van der Waals surface area (Å²) >= 11 is 1.36. The molecule has 0 aliphatic carbocycles.